The largest absolute Gasteiger partial charge is 0.558 e. The molecule has 1 aliphatic rings. The number of likely N-dealkylation sites (tertiary alicyclic amines) is 1. The second-order valence-corrected chi connectivity index (χ2v) is 9.18. The first-order valence-electron chi connectivity index (χ1n) is 6.86. The highest BCUT2D eigenvalue weighted by Crippen LogP contribution is 2.32. The molecule has 0 atom stereocenters. The van der Waals surface area contributed by atoms with Gasteiger partial charge in [0.1, 0.15) is 6.17 Å². The van der Waals surface area contributed by atoms with Gasteiger partial charge in [-0.05, 0) is 40.0 Å². The lowest BCUT2D eigenvalue weighted by molar-refractivity contribution is -0.968. The van der Waals surface area contributed by atoms with E-state index in [1.165, 1.54) is 32.4 Å². The minimum absolute atomic E-state index is 0.203. The summed E-state index contributed by atoms with van der Waals surface area (Å²) < 4.78 is 18.0. The van der Waals surface area contributed by atoms with E-state index >= 15 is 0 Å². The average Bonchev–Trinajstić information content (AvgIpc) is 2.36. The van der Waals surface area contributed by atoms with E-state index in [9.17, 15) is 0 Å². The highest BCUT2D eigenvalue weighted by Gasteiger charge is 2.53. The van der Waals surface area contributed by atoms with Crippen molar-refractivity contribution in [3.05, 3.63) is 0 Å². The zero-order chi connectivity index (χ0) is 13.9. The third-order valence-electron chi connectivity index (χ3n) is 4.52. The molecule has 1 aliphatic heterocycles. The van der Waals surface area contributed by atoms with Crippen LogP contribution in [0.3, 0.4) is 0 Å². The van der Waals surface area contributed by atoms with Crippen LogP contribution in [0.4, 0.5) is 0 Å². The van der Waals surface area contributed by atoms with Crippen molar-refractivity contribution in [1.29, 1.82) is 0 Å². The number of rotatable bonds is 5. The highest BCUT2D eigenvalue weighted by molar-refractivity contribution is 6.60. The first-order chi connectivity index (χ1) is 8.35. The Morgan fingerprint density at radius 3 is 1.67 bits per heavy atom. The minimum atomic E-state index is -2.51. The second-order valence-electron chi connectivity index (χ2n) is 6.28. The van der Waals surface area contributed by atoms with Gasteiger partial charge in [-0.1, -0.05) is 0 Å². The SMILES string of the molecule is CO[Si](C[N+]1(C(C)(C)C)CCCCC1)(OC)OC. The Kier molecular flexibility index (Phi) is 5.38. The normalized spacial score (nSPS) is 21.0. The molecular formula is C13H30NO3Si+. The summed E-state index contributed by atoms with van der Waals surface area (Å²) in [5.41, 5.74) is 0.203. The summed E-state index contributed by atoms with van der Waals surface area (Å²) in [6.07, 6.45) is 4.80. The molecule has 0 radical (unpaired) electrons. The lowest BCUT2D eigenvalue weighted by atomic mass is 9.97. The van der Waals surface area contributed by atoms with Gasteiger partial charge in [0.15, 0.2) is 0 Å². The first kappa shape index (κ1) is 16.1. The Hall–Kier alpha value is 0.0569. The van der Waals surface area contributed by atoms with E-state index in [0.717, 1.165) is 10.7 Å². The lowest BCUT2D eigenvalue weighted by Gasteiger charge is -2.52. The maximum Gasteiger partial charge on any atom is 0.558 e. The molecule has 0 bridgehead atoms. The second kappa shape index (κ2) is 6.01. The van der Waals surface area contributed by atoms with E-state index in [1.807, 2.05) is 0 Å². The fourth-order valence-corrected chi connectivity index (χ4v) is 5.42. The van der Waals surface area contributed by atoms with Crippen LogP contribution in [0, 0.1) is 0 Å². The van der Waals surface area contributed by atoms with E-state index in [4.69, 9.17) is 13.3 Å². The summed E-state index contributed by atoms with van der Waals surface area (Å²) in [6, 6.07) is 0. The fourth-order valence-electron chi connectivity index (χ4n) is 3.00. The van der Waals surface area contributed by atoms with Crippen molar-refractivity contribution in [2.75, 3.05) is 40.6 Å². The molecule has 0 aromatic rings. The molecule has 108 valence electrons. The maximum absolute atomic E-state index is 5.64. The molecule has 0 aromatic carbocycles. The van der Waals surface area contributed by atoms with Crippen molar-refractivity contribution in [2.24, 2.45) is 0 Å². The molecule has 1 saturated heterocycles. The van der Waals surface area contributed by atoms with E-state index in [1.54, 1.807) is 21.3 Å². The van der Waals surface area contributed by atoms with Gasteiger partial charge in [0, 0.05) is 21.3 Å². The molecule has 0 aromatic heterocycles. The Balaban J connectivity index is 2.97. The zero-order valence-electron chi connectivity index (χ0n) is 12.9. The number of piperidine rings is 1. The molecule has 5 heteroatoms. The highest BCUT2D eigenvalue weighted by atomic mass is 28.4. The molecule has 18 heavy (non-hydrogen) atoms. The van der Waals surface area contributed by atoms with Gasteiger partial charge in [0.25, 0.3) is 0 Å². The van der Waals surface area contributed by atoms with Crippen LogP contribution >= 0.6 is 0 Å². The van der Waals surface area contributed by atoms with Gasteiger partial charge >= 0.3 is 8.80 Å². The van der Waals surface area contributed by atoms with Crippen molar-refractivity contribution in [1.82, 2.24) is 0 Å². The van der Waals surface area contributed by atoms with Gasteiger partial charge in [-0.15, -0.1) is 0 Å². The minimum Gasteiger partial charge on any atom is -0.374 e. The summed E-state index contributed by atoms with van der Waals surface area (Å²) in [6.45, 7) is 9.36. The Bertz CT molecular complexity index is 247. The van der Waals surface area contributed by atoms with Crippen LogP contribution in [0.1, 0.15) is 40.0 Å². The van der Waals surface area contributed by atoms with Crippen molar-refractivity contribution in [3.8, 4) is 0 Å². The molecule has 0 saturated carbocycles. The summed E-state index contributed by atoms with van der Waals surface area (Å²) >= 11 is 0. The van der Waals surface area contributed by atoms with Gasteiger partial charge in [-0.3, -0.25) is 0 Å². The van der Waals surface area contributed by atoms with Crippen LogP contribution in [0.15, 0.2) is 0 Å². The van der Waals surface area contributed by atoms with Crippen molar-refractivity contribution >= 4 is 8.80 Å². The molecule has 1 fully saturated rings. The van der Waals surface area contributed by atoms with Crippen LogP contribution in [0.25, 0.3) is 0 Å². The van der Waals surface area contributed by atoms with Gasteiger partial charge in [-0.25, -0.2) is 0 Å². The smallest absolute Gasteiger partial charge is 0.374 e. The molecule has 1 heterocycles. The van der Waals surface area contributed by atoms with Gasteiger partial charge in [0.05, 0.1) is 18.6 Å². The van der Waals surface area contributed by atoms with Crippen molar-refractivity contribution < 1.29 is 17.8 Å². The van der Waals surface area contributed by atoms with Crippen LogP contribution < -0.4 is 0 Å². The van der Waals surface area contributed by atoms with E-state index in [0.29, 0.717) is 0 Å². The van der Waals surface area contributed by atoms with Gasteiger partial charge < -0.3 is 17.8 Å². The number of hydrogen-bond donors (Lipinski definition) is 0. The summed E-state index contributed by atoms with van der Waals surface area (Å²) in [5.74, 6) is 0. The van der Waals surface area contributed by atoms with Crippen LogP contribution in [0.5, 0.6) is 0 Å². The third-order valence-corrected chi connectivity index (χ3v) is 7.38. The number of hydrogen-bond acceptors (Lipinski definition) is 3. The van der Waals surface area contributed by atoms with E-state index in [2.05, 4.69) is 20.8 Å². The number of nitrogens with zero attached hydrogens (tertiary/aromatic N) is 1. The zero-order valence-corrected chi connectivity index (χ0v) is 13.9. The summed E-state index contributed by atoms with van der Waals surface area (Å²) in [7, 11) is 2.62. The molecule has 0 N–H and O–H groups in total. The van der Waals surface area contributed by atoms with Crippen molar-refractivity contribution in [3.63, 3.8) is 0 Å². The molecule has 1 rings (SSSR count). The van der Waals surface area contributed by atoms with E-state index in [-0.39, 0.29) is 5.54 Å². The molecule has 0 spiro atoms. The first-order valence-corrected chi connectivity index (χ1v) is 8.79. The summed E-state index contributed by atoms with van der Waals surface area (Å²) in [5, 5.41) is 0. The fraction of sp³-hybridized carbons (Fsp3) is 1.00. The molecule has 0 aliphatic carbocycles. The van der Waals surface area contributed by atoms with Gasteiger partial charge in [0.2, 0.25) is 0 Å². The Morgan fingerprint density at radius 1 is 0.889 bits per heavy atom. The van der Waals surface area contributed by atoms with Crippen LogP contribution in [0.2, 0.25) is 0 Å². The molecule has 0 amide bonds. The topological polar surface area (TPSA) is 27.7 Å². The predicted octanol–water partition coefficient (Wildman–Crippen LogP) is 2.20. The monoisotopic (exact) mass is 276 g/mol. The quantitative estimate of drug-likeness (QED) is 0.569. The maximum atomic E-state index is 5.64. The standard InChI is InChI=1S/C13H30NO3Si/c1-13(2,3)14(10-8-7-9-11-14)12-18(15-4,16-5)17-6/h7-12H2,1-6H3/q+1. The Labute approximate surface area is 113 Å². The van der Waals surface area contributed by atoms with Gasteiger partial charge in [-0.2, -0.15) is 0 Å². The van der Waals surface area contributed by atoms with Crippen LogP contribution in [-0.2, 0) is 13.3 Å². The molecule has 0 unspecified atom stereocenters. The lowest BCUT2D eigenvalue weighted by Crippen LogP contribution is -2.70. The van der Waals surface area contributed by atoms with Crippen LogP contribution in [-0.4, -0.2) is 59.4 Å². The molecular weight excluding hydrogens is 246 g/mol. The third kappa shape index (κ3) is 3.14. The summed E-state index contributed by atoms with van der Waals surface area (Å²) in [4.78, 5) is 0. The van der Waals surface area contributed by atoms with Crippen molar-refractivity contribution in [2.45, 2.75) is 45.6 Å². The van der Waals surface area contributed by atoms with E-state index < -0.39 is 8.80 Å². The predicted molar refractivity (Wildman–Crippen MR) is 75.2 cm³/mol. The molecule has 4 nitrogen and oxygen atoms in total. The average molecular weight is 276 g/mol. The Morgan fingerprint density at radius 2 is 1.33 bits per heavy atom. The number of quaternary nitrogens is 1.